The van der Waals surface area contributed by atoms with Gasteiger partial charge in [-0.05, 0) is 58.7 Å². The number of amides is 1. The maximum absolute atomic E-state index is 13.0. The van der Waals surface area contributed by atoms with E-state index in [1.54, 1.807) is 33.9 Å². The third-order valence-electron chi connectivity index (χ3n) is 4.30. The highest BCUT2D eigenvalue weighted by Crippen LogP contribution is 2.35. The average Bonchev–Trinajstić information content (AvgIpc) is 3.41. The smallest absolute Gasteiger partial charge is 0.257 e. The highest BCUT2D eigenvalue weighted by Gasteiger charge is 2.34. The number of halogens is 1. The van der Waals surface area contributed by atoms with Gasteiger partial charge in [0.25, 0.3) is 5.91 Å². The van der Waals surface area contributed by atoms with Gasteiger partial charge >= 0.3 is 0 Å². The summed E-state index contributed by atoms with van der Waals surface area (Å²) in [6, 6.07) is 11.8. The standard InChI is InChI=1S/C19H18BrN3O2S2/c1-22(11-13-6-7-18(20)27-13)12-19(24)23-15(17-5-3-9-26-17)10-14(21-23)16-4-2-8-25-16/h2-9,15H,10-12H2,1H3. The second kappa shape index (κ2) is 8.10. The third-order valence-corrected chi connectivity index (χ3v) is 6.88. The second-order valence-electron chi connectivity index (χ2n) is 6.38. The van der Waals surface area contributed by atoms with Crippen molar-refractivity contribution in [2.45, 2.75) is 19.0 Å². The van der Waals surface area contributed by atoms with Crippen molar-refractivity contribution in [1.82, 2.24) is 9.91 Å². The van der Waals surface area contributed by atoms with E-state index in [9.17, 15) is 4.79 Å². The zero-order chi connectivity index (χ0) is 18.8. The van der Waals surface area contributed by atoms with Gasteiger partial charge in [0.05, 0.1) is 22.6 Å². The van der Waals surface area contributed by atoms with E-state index < -0.39 is 0 Å². The van der Waals surface area contributed by atoms with Crippen LogP contribution in [0.1, 0.15) is 28.0 Å². The van der Waals surface area contributed by atoms with Crippen molar-refractivity contribution in [3.8, 4) is 0 Å². The van der Waals surface area contributed by atoms with E-state index in [2.05, 4.69) is 33.2 Å². The van der Waals surface area contributed by atoms with Crippen LogP contribution in [0.5, 0.6) is 0 Å². The van der Waals surface area contributed by atoms with Gasteiger partial charge < -0.3 is 4.42 Å². The van der Waals surface area contributed by atoms with E-state index in [0.29, 0.717) is 13.0 Å². The van der Waals surface area contributed by atoms with Crippen LogP contribution in [0.3, 0.4) is 0 Å². The molecule has 0 saturated carbocycles. The Morgan fingerprint density at radius 3 is 2.93 bits per heavy atom. The lowest BCUT2D eigenvalue weighted by molar-refractivity contribution is -0.134. The van der Waals surface area contributed by atoms with Gasteiger partial charge in [0.1, 0.15) is 11.5 Å². The highest BCUT2D eigenvalue weighted by molar-refractivity contribution is 9.11. The fourth-order valence-electron chi connectivity index (χ4n) is 3.10. The maximum Gasteiger partial charge on any atom is 0.257 e. The van der Waals surface area contributed by atoms with Crippen molar-refractivity contribution in [1.29, 1.82) is 0 Å². The lowest BCUT2D eigenvalue weighted by Gasteiger charge is -2.23. The van der Waals surface area contributed by atoms with Crippen LogP contribution in [0.25, 0.3) is 0 Å². The minimum absolute atomic E-state index is 0.00641. The molecule has 8 heteroatoms. The van der Waals surface area contributed by atoms with Crippen molar-refractivity contribution in [3.05, 3.63) is 67.3 Å². The van der Waals surface area contributed by atoms with Gasteiger partial charge in [-0.1, -0.05) is 6.07 Å². The van der Waals surface area contributed by atoms with Crippen LogP contribution >= 0.6 is 38.6 Å². The molecule has 0 bridgehead atoms. The zero-order valence-electron chi connectivity index (χ0n) is 14.7. The van der Waals surface area contributed by atoms with Gasteiger partial charge in [0, 0.05) is 22.7 Å². The number of nitrogens with zero attached hydrogens (tertiary/aromatic N) is 3. The van der Waals surface area contributed by atoms with E-state index in [-0.39, 0.29) is 11.9 Å². The zero-order valence-corrected chi connectivity index (χ0v) is 17.9. The minimum atomic E-state index is -0.0677. The van der Waals surface area contributed by atoms with Crippen LogP contribution in [-0.4, -0.2) is 35.1 Å². The van der Waals surface area contributed by atoms with Crippen LogP contribution < -0.4 is 0 Å². The van der Waals surface area contributed by atoms with E-state index in [1.165, 1.54) is 4.88 Å². The van der Waals surface area contributed by atoms with E-state index in [0.717, 1.165) is 26.7 Å². The largest absolute Gasteiger partial charge is 0.463 e. The maximum atomic E-state index is 13.0. The summed E-state index contributed by atoms with van der Waals surface area (Å²) in [6.07, 6.45) is 2.30. The molecule has 0 saturated heterocycles. The monoisotopic (exact) mass is 463 g/mol. The van der Waals surface area contributed by atoms with Crippen molar-refractivity contribution >= 4 is 50.2 Å². The molecule has 0 aliphatic carbocycles. The molecular weight excluding hydrogens is 446 g/mol. The lowest BCUT2D eigenvalue weighted by atomic mass is 10.1. The molecule has 0 radical (unpaired) electrons. The van der Waals surface area contributed by atoms with Gasteiger partial charge in [-0.25, -0.2) is 5.01 Å². The first kappa shape index (κ1) is 18.6. The van der Waals surface area contributed by atoms with Gasteiger partial charge in [-0.3, -0.25) is 9.69 Å². The summed E-state index contributed by atoms with van der Waals surface area (Å²) in [5.74, 6) is 0.719. The molecule has 0 fully saturated rings. The number of hydrogen-bond donors (Lipinski definition) is 0. The number of thiophene rings is 2. The van der Waals surface area contributed by atoms with Crippen LogP contribution in [0.4, 0.5) is 0 Å². The number of hydrazone groups is 1. The second-order valence-corrected chi connectivity index (χ2v) is 9.90. The number of hydrogen-bond acceptors (Lipinski definition) is 6. The topological polar surface area (TPSA) is 49.1 Å². The molecule has 4 rings (SSSR count). The molecule has 5 nitrogen and oxygen atoms in total. The number of rotatable bonds is 6. The summed E-state index contributed by atoms with van der Waals surface area (Å²) >= 11 is 6.82. The number of carbonyl (C=O) groups excluding carboxylic acids is 1. The fourth-order valence-corrected chi connectivity index (χ4v) is 5.47. The van der Waals surface area contributed by atoms with Crippen LogP contribution in [0.15, 0.2) is 61.3 Å². The Kier molecular flexibility index (Phi) is 5.58. The molecule has 4 heterocycles. The average molecular weight is 464 g/mol. The summed E-state index contributed by atoms with van der Waals surface area (Å²) in [6.45, 7) is 1.04. The molecule has 27 heavy (non-hydrogen) atoms. The van der Waals surface area contributed by atoms with Crippen LogP contribution in [-0.2, 0) is 11.3 Å². The van der Waals surface area contributed by atoms with Crippen molar-refractivity contribution in [2.24, 2.45) is 5.10 Å². The lowest BCUT2D eigenvalue weighted by Crippen LogP contribution is -2.35. The predicted molar refractivity (Wildman–Crippen MR) is 112 cm³/mol. The van der Waals surface area contributed by atoms with Crippen molar-refractivity contribution in [3.63, 3.8) is 0 Å². The molecule has 1 aliphatic heterocycles. The molecular formula is C19H18BrN3O2S2. The molecule has 3 aromatic heterocycles. The first-order valence-corrected chi connectivity index (χ1v) is 11.0. The quantitative estimate of drug-likeness (QED) is 0.517. The molecule has 1 unspecified atom stereocenters. The van der Waals surface area contributed by atoms with Gasteiger partial charge in [-0.2, -0.15) is 5.10 Å². The summed E-state index contributed by atoms with van der Waals surface area (Å²) in [4.78, 5) is 17.4. The Hall–Kier alpha value is -1.74. The third kappa shape index (κ3) is 4.24. The molecule has 140 valence electrons. The fraction of sp³-hybridized carbons (Fsp3) is 0.263. The van der Waals surface area contributed by atoms with Gasteiger partial charge in [0.15, 0.2) is 0 Å². The molecule has 1 amide bonds. The van der Waals surface area contributed by atoms with Crippen LogP contribution in [0.2, 0.25) is 0 Å². The minimum Gasteiger partial charge on any atom is -0.463 e. The summed E-state index contributed by atoms with van der Waals surface area (Å²) in [7, 11) is 1.96. The predicted octanol–water partition coefficient (Wildman–Crippen LogP) is 4.97. The Bertz CT molecular complexity index is 934. The summed E-state index contributed by atoms with van der Waals surface area (Å²) in [5, 5.41) is 8.27. The molecule has 0 aromatic carbocycles. The Labute approximate surface area is 174 Å². The van der Waals surface area contributed by atoms with Crippen LogP contribution in [0, 0.1) is 0 Å². The SMILES string of the molecule is CN(CC(=O)N1N=C(c2ccco2)CC1c1cccs1)Cc1ccc(Br)s1. The Balaban J connectivity index is 1.50. The highest BCUT2D eigenvalue weighted by atomic mass is 79.9. The number of carbonyl (C=O) groups is 1. The Morgan fingerprint density at radius 1 is 1.37 bits per heavy atom. The molecule has 3 aromatic rings. The molecule has 1 aliphatic rings. The summed E-state index contributed by atoms with van der Waals surface area (Å²) in [5.41, 5.74) is 0.816. The summed E-state index contributed by atoms with van der Waals surface area (Å²) < 4.78 is 6.59. The van der Waals surface area contributed by atoms with Gasteiger partial charge in [0.2, 0.25) is 0 Å². The first-order chi connectivity index (χ1) is 13.1. The normalized spacial score (nSPS) is 16.9. The van der Waals surface area contributed by atoms with E-state index in [4.69, 9.17) is 4.42 Å². The molecule has 0 spiro atoms. The van der Waals surface area contributed by atoms with E-state index >= 15 is 0 Å². The van der Waals surface area contributed by atoms with Crippen molar-refractivity contribution in [2.75, 3.05) is 13.6 Å². The first-order valence-electron chi connectivity index (χ1n) is 8.50. The number of likely N-dealkylation sites (N-methyl/N-ethyl adjacent to an activating group) is 1. The van der Waals surface area contributed by atoms with Crippen molar-refractivity contribution < 1.29 is 9.21 Å². The van der Waals surface area contributed by atoms with E-state index in [1.807, 2.05) is 41.6 Å². The number of furan rings is 1. The molecule has 0 N–H and O–H groups in total. The van der Waals surface area contributed by atoms with Gasteiger partial charge in [-0.15, -0.1) is 22.7 Å². The Morgan fingerprint density at radius 2 is 2.26 bits per heavy atom. The molecule has 1 atom stereocenters.